The van der Waals surface area contributed by atoms with Gasteiger partial charge in [-0.25, -0.2) is 0 Å². The molecule has 29 heavy (non-hydrogen) atoms. The molecule has 1 aromatic heterocycles. The molecule has 2 amide bonds. The number of nitrogens with one attached hydrogen (secondary N) is 1. The Balaban J connectivity index is 2.08. The Bertz CT molecular complexity index is 950. The average molecular weight is 394 g/mol. The summed E-state index contributed by atoms with van der Waals surface area (Å²) in [5.74, 6) is -0.348. The maximum atomic E-state index is 12.5. The number of carbonyl (C=O) groups is 2. The number of amides is 2. The number of nitrogens with zero attached hydrogens (tertiary/aromatic N) is 2. The van der Waals surface area contributed by atoms with Gasteiger partial charge in [-0.2, -0.15) is 5.26 Å². The van der Waals surface area contributed by atoms with Gasteiger partial charge in [0, 0.05) is 23.6 Å². The van der Waals surface area contributed by atoms with Crippen molar-refractivity contribution in [3.05, 3.63) is 52.9 Å². The molecule has 0 spiro atoms. The van der Waals surface area contributed by atoms with E-state index < -0.39 is 11.8 Å². The smallest absolute Gasteiger partial charge is 0.266 e. The zero-order valence-corrected chi connectivity index (χ0v) is 17.0. The van der Waals surface area contributed by atoms with Gasteiger partial charge in [0.2, 0.25) is 5.91 Å². The SMILES string of the molecule is CCCn1c(C)cc(/C=C(\C#N)C(=O)Nc2ccc(OCCC(N)=O)cc2)c1C. The number of primary amides is 1. The minimum absolute atomic E-state index is 0.0310. The van der Waals surface area contributed by atoms with Gasteiger partial charge in [-0.05, 0) is 62.2 Å². The van der Waals surface area contributed by atoms with Crippen LogP contribution in [0.15, 0.2) is 35.9 Å². The maximum Gasteiger partial charge on any atom is 0.266 e. The third-order valence-corrected chi connectivity index (χ3v) is 4.45. The van der Waals surface area contributed by atoms with Crippen LogP contribution >= 0.6 is 0 Å². The summed E-state index contributed by atoms with van der Waals surface area (Å²) in [4.78, 5) is 23.2. The largest absolute Gasteiger partial charge is 0.493 e. The van der Waals surface area contributed by atoms with E-state index in [1.54, 1.807) is 30.3 Å². The second-order valence-corrected chi connectivity index (χ2v) is 6.69. The van der Waals surface area contributed by atoms with Gasteiger partial charge in [0.25, 0.3) is 5.91 Å². The number of aromatic nitrogens is 1. The van der Waals surface area contributed by atoms with E-state index in [9.17, 15) is 14.9 Å². The zero-order chi connectivity index (χ0) is 21.4. The molecule has 0 aliphatic heterocycles. The third-order valence-electron chi connectivity index (χ3n) is 4.45. The van der Waals surface area contributed by atoms with Crippen molar-refractivity contribution in [1.29, 1.82) is 5.26 Å². The molecule has 7 heteroatoms. The predicted octanol–water partition coefficient (Wildman–Crippen LogP) is 3.31. The zero-order valence-electron chi connectivity index (χ0n) is 17.0. The summed E-state index contributed by atoms with van der Waals surface area (Å²) in [5, 5.41) is 12.2. The molecule has 7 nitrogen and oxygen atoms in total. The van der Waals surface area contributed by atoms with E-state index in [0.29, 0.717) is 11.4 Å². The summed E-state index contributed by atoms with van der Waals surface area (Å²) in [6.45, 7) is 7.19. The summed E-state index contributed by atoms with van der Waals surface area (Å²) in [5.41, 5.74) is 8.62. The molecule has 2 rings (SSSR count). The molecular formula is C22H26N4O3. The van der Waals surface area contributed by atoms with Crippen LogP contribution in [-0.2, 0) is 16.1 Å². The van der Waals surface area contributed by atoms with Crippen LogP contribution in [-0.4, -0.2) is 23.0 Å². The van der Waals surface area contributed by atoms with Crippen LogP contribution in [0.3, 0.4) is 0 Å². The van der Waals surface area contributed by atoms with Gasteiger partial charge >= 0.3 is 0 Å². The first-order chi connectivity index (χ1) is 13.8. The Labute approximate surface area is 170 Å². The summed E-state index contributed by atoms with van der Waals surface area (Å²) >= 11 is 0. The van der Waals surface area contributed by atoms with Crippen molar-refractivity contribution < 1.29 is 14.3 Å². The molecule has 2 aromatic rings. The van der Waals surface area contributed by atoms with Crippen LogP contribution in [0.25, 0.3) is 6.08 Å². The van der Waals surface area contributed by atoms with Crippen LogP contribution in [0.4, 0.5) is 5.69 Å². The number of hydrogen-bond acceptors (Lipinski definition) is 4. The molecule has 1 heterocycles. The lowest BCUT2D eigenvalue weighted by atomic mass is 10.1. The van der Waals surface area contributed by atoms with E-state index in [1.165, 1.54) is 0 Å². The van der Waals surface area contributed by atoms with Gasteiger partial charge in [0.1, 0.15) is 17.4 Å². The minimum Gasteiger partial charge on any atom is -0.493 e. The molecule has 0 unspecified atom stereocenters. The van der Waals surface area contributed by atoms with Crippen molar-refractivity contribution >= 4 is 23.6 Å². The molecule has 3 N–H and O–H groups in total. The molecule has 0 bridgehead atoms. The summed E-state index contributed by atoms with van der Waals surface area (Å²) in [6, 6.07) is 10.6. The van der Waals surface area contributed by atoms with Crippen LogP contribution < -0.4 is 15.8 Å². The Hall–Kier alpha value is -3.53. The fourth-order valence-electron chi connectivity index (χ4n) is 2.95. The summed E-state index contributed by atoms with van der Waals surface area (Å²) in [6.07, 6.45) is 2.76. The van der Waals surface area contributed by atoms with E-state index in [-0.39, 0.29) is 18.6 Å². The summed E-state index contributed by atoms with van der Waals surface area (Å²) < 4.78 is 7.57. The lowest BCUT2D eigenvalue weighted by molar-refractivity contribution is -0.118. The van der Waals surface area contributed by atoms with Crippen LogP contribution in [0.5, 0.6) is 5.75 Å². The monoisotopic (exact) mass is 394 g/mol. The Morgan fingerprint density at radius 1 is 1.28 bits per heavy atom. The van der Waals surface area contributed by atoms with Gasteiger partial charge in [-0.15, -0.1) is 0 Å². The van der Waals surface area contributed by atoms with Crippen LogP contribution in [0.2, 0.25) is 0 Å². The number of nitrogens with two attached hydrogens (primary N) is 1. The fraction of sp³-hybridized carbons (Fsp3) is 0.318. The normalized spacial score (nSPS) is 11.0. The Kier molecular flexibility index (Phi) is 7.61. The van der Waals surface area contributed by atoms with Crippen molar-refractivity contribution in [1.82, 2.24) is 4.57 Å². The lowest BCUT2D eigenvalue weighted by Gasteiger charge is -2.08. The van der Waals surface area contributed by atoms with E-state index in [2.05, 4.69) is 16.8 Å². The number of hydrogen-bond donors (Lipinski definition) is 2. The van der Waals surface area contributed by atoms with Crippen molar-refractivity contribution in [2.24, 2.45) is 5.73 Å². The topological polar surface area (TPSA) is 110 Å². The molecule has 0 atom stereocenters. The second kappa shape index (κ2) is 10.1. The van der Waals surface area contributed by atoms with E-state index in [0.717, 1.165) is 29.9 Å². The van der Waals surface area contributed by atoms with Crippen molar-refractivity contribution in [3.63, 3.8) is 0 Å². The van der Waals surface area contributed by atoms with E-state index in [4.69, 9.17) is 10.5 Å². The highest BCUT2D eigenvalue weighted by Crippen LogP contribution is 2.20. The van der Waals surface area contributed by atoms with Crippen molar-refractivity contribution in [2.75, 3.05) is 11.9 Å². The highest BCUT2D eigenvalue weighted by Gasteiger charge is 2.13. The third kappa shape index (κ3) is 5.98. The second-order valence-electron chi connectivity index (χ2n) is 6.69. The van der Waals surface area contributed by atoms with Crippen molar-refractivity contribution in [2.45, 2.75) is 40.2 Å². The molecular weight excluding hydrogens is 368 g/mol. The van der Waals surface area contributed by atoms with E-state index >= 15 is 0 Å². The molecule has 152 valence electrons. The number of rotatable bonds is 9. The van der Waals surface area contributed by atoms with Gasteiger partial charge in [0.15, 0.2) is 0 Å². The molecule has 1 aromatic carbocycles. The number of anilines is 1. The number of carbonyl (C=O) groups excluding carboxylic acids is 2. The van der Waals surface area contributed by atoms with Gasteiger partial charge in [0.05, 0.1) is 13.0 Å². The number of benzene rings is 1. The van der Waals surface area contributed by atoms with Crippen LogP contribution in [0.1, 0.15) is 36.7 Å². The first kappa shape index (κ1) is 21.8. The first-order valence-electron chi connectivity index (χ1n) is 9.46. The molecule has 0 saturated heterocycles. The summed E-state index contributed by atoms with van der Waals surface area (Å²) in [7, 11) is 0. The predicted molar refractivity (Wildman–Crippen MR) is 112 cm³/mol. The van der Waals surface area contributed by atoms with Crippen molar-refractivity contribution in [3.8, 4) is 11.8 Å². The van der Waals surface area contributed by atoms with Gasteiger partial charge in [-0.1, -0.05) is 6.92 Å². The highest BCUT2D eigenvalue weighted by atomic mass is 16.5. The molecule has 0 radical (unpaired) electrons. The van der Waals surface area contributed by atoms with Crippen LogP contribution in [0, 0.1) is 25.2 Å². The lowest BCUT2D eigenvalue weighted by Crippen LogP contribution is -2.15. The van der Waals surface area contributed by atoms with Gasteiger partial charge in [-0.3, -0.25) is 9.59 Å². The van der Waals surface area contributed by atoms with E-state index in [1.807, 2.05) is 26.0 Å². The highest BCUT2D eigenvalue weighted by molar-refractivity contribution is 6.09. The first-order valence-corrected chi connectivity index (χ1v) is 9.46. The molecule has 0 saturated carbocycles. The average Bonchev–Trinajstić information content (AvgIpc) is 2.94. The fourth-order valence-corrected chi connectivity index (χ4v) is 2.95. The molecule has 0 aliphatic carbocycles. The minimum atomic E-state index is -0.477. The van der Waals surface area contributed by atoms with Gasteiger partial charge < -0.3 is 20.4 Å². The maximum absolute atomic E-state index is 12.5. The standard InChI is InChI=1S/C22H26N4O3/c1-4-10-26-15(2)12-17(16(26)3)13-18(14-23)22(28)25-19-5-7-20(8-6-19)29-11-9-21(24)27/h5-8,12-13H,4,9-11H2,1-3H3,(H2,24,27)(H,25,28)/b18-13+. The number of aryl methyl sites for hydroxylation is 1. The molecule has 0 aliphatic rings. The quantitative estimate of drug-likeness (QED) is 0.502. The number of nitriles is 1. The molecule has 0 fully saturated rings. The Morgan fingerprint density at radius 3 is 2.55 bits per heavy atom. The number of ether oxygens (including phenoxy) is 1. The Morgan fingerprint density at radius 2 is 1.97 bits per heavy atom.